The predicted molar refractivity (Wildman–Crippen MR) is 84.4 cm³/mol. The standard InChI is InChI=1S/C17H24O5/c1-9(2)15(18)13-11(20-5)8-12(21-6)14(17(13)22-7)16(19)10(3)4/h8-10H,1-7H3. The predicted octanol–water partition coefficient (Wildman–Crippen LogP) is 3.39. The maximum atomic E-state index is 12.5. The van der Waals surface area contributed by atoms with Gasteiger partial charge in [-0.1, -0.05) is 27.7 Å². The maximum Gasteiger partial charge on any atom is 0.172 e. The van der Waals surface area contributed by atoms with Crippen LogP contribution in [0.1, 0.15) is 48.4 Å². The average molecular weight is 308 g/mol. The van der Waals surface area contributed by atoms with Crippen molar-refractivity contribution in [1.82, 2.24) is 0 Å². The van der Waals surface area contributed by atoms with Gasteiger partial charge in [-0.25, -0.2) is 0 Å². The number of ether oxygens (including phenoxy) is 3. The molecular formula is C17H24O5. The van der Waals surface area contributed by atoms with Crippen LogP contribution in [0, 0.1) is 11.8 Å². The lowest BCUT2D eigenvalue weighted by molar-refractivity contribution is 0.0928. The number of rotatable bonds is 7. The van der Waals surface area contributed by atoms with E-state index in [-0.39, 0.29) is 40.3 Å². The molecule has 0 aliphatic rings. The lowest BCUT2D eigenvalue weighted by Gasteiger charge is -2.20. The van der Waals surface area contributed by atoms with E-state index in [0.717, 1.165) is 0 Å². The van der Waals surface area contributed by atoms with E-state index in [2.05, 4.69) is 0 Å². The molecule has 1 rings (SSSR count). The third-order valence-electron chi connectivity index (χ3n) is 3.39. The van der Waals surface area contributed by atoms with Crippen LogP contribution >= 0.6 is 0 Å². The molecule has 0 saturated carbocycles. The minimum atomic E-state index is -0.252. The largest absolute Gasteiger partial charge is 0.496 e. The monoisotopic (exact) mass is 308 g/mol. The van der Waals surface area contributed by atoms with Crippen LogP contribution in [0.5, 0.6) is 17.2 Å². The molecule has 0 N–H and O–H groups in total. The van der Waals surface area contributed by atoms with Crippen LogP contribution in [-0.4, -0.2) is 32.9 Å². The summed E-state index contributed by atoms with van der Waals surface area (Å²) in [5, 5.41) is 0. The molecule has 0 unspecified atom stereocenters. The third kappa shape index (κ3) is 3.24. The Kier molecular flexibility index (Phi) is 5.97. The van der Waals surface area contributed by atoms with Crippen molar-refractivity contribution in [3.8, 4) is 17.2 Å². The van der Waals surface area contributed by atoms with Gasteiger partial charge in [0.05, 0.1) is 21.3 Å². The van der Waals surface area contributed by atoms with E-state index in [0.29, 0.717) is 11.5 Å². The summed E-state index contributed by atoms with van der Waals surface area (Å²) in [4.78, 5) is 25.1. The average Bonchev–Trinajstić information content (AvgIpc) is 2.50. The van der Waals surface area contributed by atoms with Crippen LogP contribution in [0.25, 0.3) is 0 Å². The first-order valence-corrected chi connectivity index (χ1v) is 7.21. The molecule has 0 atom stereocenters. The second-order valence-corrected chi connectivity index (χ2v) is 5.60. The van der Waals surface area contributed by atoms with E-state index >= 15 is 0 Å². The van der Waals surface area contributed by atoms with E-state index < -0.39 is 0 Å². The van der Waals surface area contributed by atoms with Crippen molar-refractivity contribution in [2.75, 3.05) is 21.3 Å². The summed E-state index contributed by atoms with van der Waals surface area (Å²) in [6.07, 6.45) is 0. The third-order valence-corrected chi connectivity index (χ3v) is 3.39. The number of carbonyl (C=O) groups is 2. The fourth-order valence-corrected chi connectivity index (χ4v) is 2.18. The summed E-state index contributed by atoms with van der Waals surface area (Å²) < 4.78 is 16.0. The van der Waals surface area contributed by atoms with Crippen LogP contribution in [-0.2, 0) is 0 Å². The normalized spacial score (nSPS) is 10.8. The van der Waals surface area contributed by atoms with E-state index in [1.807, 2.05) is 0 Å². The molecule has 1 aromatic rings. The molecule has 5 heteroatoms. The van der Waals surface area contributed by atoms with Crippen molar-refractivity contribution in [3.63, 3.8) is 0 Å². The smallest absolute Gasteiger partial charge is 0.172 e. The Morgan fingerprint density at radius 1 is 0.773 bits per heavy atom. The first kappa shape index (κ1) is 18.0. The number of hydrogen-bond donors (Lipinski definition) is 0. The molecule has 122 valence electrons. The van der Waals surface area contributed by atoms with Crippen molar-refractivity contribution in [2.45, 2.75) is 27.7 Å². The molecule has 5 nitrogen and oxygen atoms in total. The van der Waals surface area contributed by atoms with Crippen molar-refractivity contribution in [1.29, 1.82) is 0 Å². The highest BCUT2D eigenvalue weighted by molar-refractivity contribution is 6.10. The molecule has 0 heterocycles. The Hall–Kier alpha value is -2.04. The van der Waals surface area contributed by atoms with Crippen molar-refractivity contribution < 1.29 is 23.8 Å². The topological polar surface area (TPSA) is 61.8 Å². The Morgan fingerprint density at radius 3 is 1.36 bits per heavy atom. The van der Waals surface area contributed by atoms with E-state index in [1.54, 1.807) is 33.8 Å². The Morgan fingerprint density at radius 2 is 1.14 bits per heavy atom. The Labute approximate surface area is 131 Å². The Balaban J connectivity index is 3.79. The van der Waals surface area contributed by atoms with Crippen LogP contribution in [0.2, 0.25) is 0 Å². The molecular weight excluding hydrogens is 284 g/mol. The number of methoxy groups -OCH3 is 3. The molecule has 0 fully saturated rings. The highest BCUT2D eigenvalue weighted by Crippen LogP contribution is 2.41. The van der Waals surface area contributed by atoms with Crippen LogP contribution in [0.4, 0.5) is 0 Å². The van der Waals surface area contributed by atoms with Crippen LogP contribution in [0.3, 0.4) is 0 Å². The quantitative estimate of drug-likeness (QED) is 0.723. The molecule has 0 spiro atoms. The van der Waals surface area contributed by atoms with Gasteiger partial charge in [-0.05, 0) is 0 Å². The summed E-state index contributed by atoms with van der Waals surface area (Å²) >= 11 is 0. The molecule has 1 aromatic carbocycles. The van der Waals surface area contributed by atoms with Crippen molar-refractivity contribution >= 4 is 11.6 Å². The van der Waals surface area contributed by atoms with Gasteiger partial charge in [-0.2, -0.15) is 0 Å². The van der Waals surface area contributed by atoms with E-state index in [1.165, 1.54) is 21.3 Å². The summed E-state index contributed by atoms with van der Waals surface area (Å²) in [5.41, 5.74) is 0.564. The van der Waals surface area contributed by atoms with Crippen LogP contribution in [0.15, 0.2) is 6.07 Å². The van der Waals surface area contributed by atoms with Crippen molar-refractivity contribution in [2.24, 2.45) is 11.8 Å². The highest BCUT2D eigenvalue weighted by atomic mass is 16.5. The summed E-state index contributed by atoms with van der Waals surface area (Å²) in [6, 6.07) is 1.56. The minimum absolute atomic E-state index is 0.144. The molecule has 0 radical (unpaired) electrons. The summed E-state index contributed by atoms with van der Waals surface area (Å²) in [6.45, 7) is 7.15. The molecule has 0 bridgehead atoms. The van der Waals surface area contributed by atoms with Gasteiger partial charge < -0.3 is 14.2 Å². The number of ketones is 2. The highest BCUT2D eigenvalue weighted by Gasteiger charge is 2.30. The number of benzene rings is 1. The molecule has 0 aliphatic heterocycles. The minimum Gasteiger partial charge on any atom is -0.496 e. The lowest BCUT2D eigenvalue weighted by Crippen LogP contribution is -2.17. The van der Waals surface area contributed by atoms with Gasteiger partial charge in [0.25, 0.3) is 0 Å². The van der Waals surface area contributed by atoms with Gasteiger partial charge >= 0.3 is 0 Å². The zero-order valence-electron chi connectivity index (χ0n) is 14.3. The van der Waals surface area contributed by atoms with Crippen molar-refractivity contribution in [3.05, 3.63) is 17.2 Å². The molecule has 0 aliphatic carbocycles. The number of hydrogen-bond acceptors (Lipinski definition) is 5. The lowest BCUT2D eigenvalue weighted by atomic mass is 9.92. The second kappa shape index (κ2) is 7.29. The second-order valence-electron chi connectivity index (χ2n) is 5.60. The van der Waals surface area contributed by atoms with Gasteiger partial charge in [0.1, 0.15) is 28.4 Å². The zero-order chi connectivity index (χ0) is 17.0. The summed E-state index contributed by atoms with van der Waals surface area (Å²) in [7, 11) is 4.37. The van der Waals surface area contributed by atoms with Gasteiger partial charge in [0.15, 0.2) is 11.6 Å². The summed E-state index contributed by atoms with van der Waals surface area (Å²) in [5.74, 6) is 0.105. The first-order chi connectivity index (χ1) is 10.3. The van der Waals surface area contributed by atoms with Gasteiger partial charge in [-0.15, -0.1) is 0 Å². The van der Waals surface area contributed by atoms with E-state index in [4.69, 9.17) is 14.2 Å². The fourth-order valence-electron chi connectivity index (χ4n) is 2.18. The molecule has 0 saturated heterocycles. The SMILES string of the molecule is COc1cc(OC)c(C(=O)C(C)C)c(OC)c1C(=O)C(C)C. The van der Waals surface area contributed by atoms with Gasteiger partial charge in [0.2, 0.25) is 0 Å². The number of Topliss-reactive ketones (excluding diaryl/α,β-unsaturated/α-hetero) is 2. The van der Waals surface area contributed by atoms with Gasteiger partial charge in [0, 0.05) is 17.9 Å². The van der Waals surface area contributed by atoms with Gasteiger partial charge in [-0.3, -0.25) is 9.59 Å². The molecule has 22 heavy (non-hydrogen) atoms. The Bertz CT molecular complexity index is 527. The zero-order valence-corrected chi connectivity index (χ0v) is 14.3. The fraction of sp³-hybridized carbons (Fsp3) is 0.529. The number of carbonyl (C=O) groups excluding carboxylic acids is 2. The maximum absolute atomic E-state index is 12.5. The first-order valence-electron chi connectivity index (χ1n) is 7.21. The van der Waals surface area contributed by atoms with E-state index in [9.17, 15) is 9.59 Å². The van der Waals surface area contributed by atoms with Crippen LogP contribution < -0.4 is 14.2 Å². The molecule has 0 amide bonds. The molecule has 0 aromatic heterocycles.